The topological polar surface area (TPSA) is 100 Å². The normalized spacial score (nSPS) is 11.9. The molecule has 0 saturated carbocycles. The summed E-state index contributed by atoms with van der Waals surface area (Å²) < 4.78 is 10.5. The van der Waals surface area contributed by atoms with Crippen LogP contribution in [0.4, 0.5) is 0 Å². The number of phenolic OH excluding ortho intramolecular Hbond substituents is 2. The number of methoxy groups -OCH3 is 1. The Bertz CT molecular complexity index is 945. The molecule has 28 heavy (non-hydrogen) atoms. The number of hydrogen-bond donors (Lipinski definition) is 3. The van der Waals surface area contributed by atoms with E-state index in [1.54, 1.807) is 12.1 Å². The molecule has 6 nitrogen and oxygen atoms in total. The van der Waals surface area contributed by atoms with Crippen LogP contribution in [-0.4, -0.2) is 28.4 Å². The molecule has 0 aliphatic carbocycles. The van der Waals surface area contributed by atoms with Crippen molar-refractivity contribution in [2.75, 3.05) is 7.11 Å². The number of aliphatic hydroxyl groups is 1. The molecule has 0 radical (unpaired) electrons. The van der Waals surface area contributed by atoms with Gasteiger partial charge in [-0.25, -0.2) is 0 Å². The summed E-state index contributed by atoms with van der Waals surface area (Å²) >= 11 is 0. The Kier molecular flexibility index (Phi) is 6.01. The number of benzene rings is 2. The number of carbonyl (C=O) groups excluding carboxylic acids is 1. The van der Waals surface area contributed by atoms with Crippen LogP contribution in [0.25, 0.3) is 11.3 Å². The largest absolute Gasteiger partial charge is 0.508 e. The summed E-state index contributed by atoms with van der Waals surface area (Å²) in [4.78, 5) is 11.7. The van der Waals surface area contributed by atoms with Gasteiger partial charge in [-0.05, 0) is 35.7 Å². The van der Waals surface area contributed by atoms with Crippen LogP contribution < -0.4 is 0 Å². The van der Waals surface area contributed by atoms with Crippen molar-refractivity contribution < 1.29 is 29.3 Å². The first kappa shape index (κ1) is 19.5. The van der Waals surface area contributed by atoms with Crippen LogP contribution in [0.15, 0.2) is 59.0 Å². The summed E-state index contributed by atoms with van der Waals surface area (Å²) in [5.41, 5.74) is 1.57. The lowest BCUT2D eigenvalue weighted by atomic mass is 10.0. The maximum Gasteiger partial charge on any atom is 0.310 e. The number of rotatable bonds is 7. The molecule has 0 aliphatic rings. The van der Waals surface area contributed by atoms with Crippen LogP contribution in [-0.2, 0) is 22.4 Å². The van der Waals surface area contributed by atoms with E-state index in [1.807, 2.05) is 30.3 Å². The molecule has 1 aromatic heterocycles. The van der Waals surface area contributed by atoms with Gasteiger partial charge in [0.25, 0.3) is 0 Å². The zero-order chi connectivity index (χ0) is 20.1. The highest BCUT2D eigenvalue weighted by molar-refractivity contribution is 5.79. The Morgan fingerprint density at radius 1 is 1.11 bits per heavy atom. The standard InChI is InChI=1S/C22H22O6/c1-27-21(26)12-15-11-16(23)13-19(25)22(15)20-10-8-17(28-20)7-9-18(24)14-5-3-2-4-6-14/h2-6,8,10-11,13,18,23-25H,7,9,12H2,1H3. The molecule has 0 spiro atoms. The van der Waals surface area contributed by atoms with E-state index in [-0.39, 0.29) is 17.9 Å². The van der Waals surface area contributed by atoms with Crippen LogP contribution in [0, 0.1) is 0 Å². The summed E-state index contributed by atoms with van der Waals surface area (Å²) in [6.45, 7) is 0. The number of ether oxygens (including phenoxy) is 1. The monoisotopic (exact) mass is 382 g/mol. The van der Waals surface area contributed by atoms with Gasteiger partial charge in [0.1, 0.15) is 23.0 Å². The zero-order valence-corrected chi connectivity index (χ0v) is 15.5. The summed E-state index contributed by atoms with van der Waals surface area (Å²) in [6, 6.07) is 15.4. The minimum Gasteiger partial charge on any atom is -0.508 e. The van der Waals surface area contributed by atoms with E-state index in [9.17, 15) is 20.1 Å². The van der Waals surface area contributed by atoms with Crippen molar-refractivity contribution in [2.24, 2.45) is 0 Å². The Morgan fingerprint density at radius 2 is 1.86 bits per heavy atom. The minimum absolute atomic E-state index is 0.115. The molecule has 3 aromatic rings. The Labute approximate surface area is 162 Å². The molecule has 0 fully saturated rings. The number of carbonyl (C=O) groups is 1. The number of furan rings is 1. The first-order valence-corrected chi connectivity index (χ1v) is 8.91. The highest BCUT2D eigenvalue weighted by atomic mass is 16.5. The number of esters is 1. The number of aliphatic hydroxyl groups excluding tert-OH is 1. The average Bonchev–Trinajstić information content (AvgIpc) is 3.14. The van der Waals surface area contributed by atoms with Crippen molar-refractivity contribution in [3.63, 3.8) is 0 Å². The van der Waals surface area contributed by atoms with Gasteiger partial charge >= 0.3 is 5.97 Å². The Hall–Kier alpha value is -3.25. The highest BCUT2D eigenvalue weighted by Crippen LogP contribution is 2.37. The first-order chi connectivity index (χ1) is 13.5. The Morgan fingerprint density at radius 3 is 2.57 bits per heavy atom. The maximum atomic E-state index is 11.7. The van der Waals surface area contributed by atoms with Crippen molar-refractivity contribution in [3.8, 4) is 22.8 Å². The van der Waals surface area contributed by atoms with Crippen molar-refractivity contribution in [3.05, 3.63) is 71.5 Å². The Balaban J connectivity index is 1.79. The molecule has 3 N–H and O–H groups in total. The zero-order valence-electron chi connectivity index (χ0n) is 15.5. The molecule has 0 aliphatic heterocycles. The van der Waals surface area contributed by atoms with E-state index in [4.69, 9.17) is 4.42 Å². The van der Waals surface area contributed by atoms with Crippen LogP contribution in [0.5, 0.6) is 11.5 Å². The molecule has 1 heterocycles. The SMILES string of the molecule is COC(=O)Cc1cc(O)cc(O)c1-c1ccc(CCC(O)c2ccccc2)o1. The second-order valence-electron chi connectivity index (χ2n) is 6.48. The predicted octanol–water partition coefficient (Wildman–Crippen LogP) is 3.74. The molecule has 0 bridgehead atoms. The van der Waals surface area contributed by atoms with Gasteiger partial charge in [-0.3, -0.25) is 4.79 Å². The van der Waals surface area contributed by atoms with Gasteiger partial charge in [-0.15, -0.1) is 0 Å². The molecule has 1 unspecified atom stereocenters. The van der Waals surface area contributed by atoms with Crippen LogP contribution >= 0.6 is 0 Å². The van der Waals surface area contributed by atoms with Crippen molar-refractivity contribution in [1.82, 2.24) is 0 Å². The average molecular weight is 382 g/mol. The molecule has 0 saturated heterocycles. The predicted molar refractivity (Wildman–Crippen MR) is 103 cm³/mol. The lowest BCUT2D eigenvalue weighted by Gasteiger charge is -2.11. The van der Waals surface area contributed by atoms with E-state index in [2.05, 4.69) is 4.74 Å². The van der Waals surface area contributed by atoms with Crippen molar-refractivity contribution in [2.45, 2.75) is 25.4 Å². The van der Waals surface area contributed by atoms with Gasteiger partial charge in [0, 0.05) is 12.5 Å². The molecule has 6 heteroatoms. The fourth-order valence-corrected chi connectivity index (χ4v) is 3.09. The minimum atomic E-state index is -0.605. The molecule has 146 valence electrons. The van der Waals surface area contributed by atoms with E-state index < -0.39 is 12.1 Å². The summed E-state index contributed by atoms with van der Waals surface area (Å²) in [6.07, 6.45) is 0.262. The third kappa shape index (κ3) is 4.53. The lowest BCUT2D eigenvalue weighted by Crippen LogP contribution is -2.05. The third-order valence-electron chi connectivity index (χ3n) is 4.50. The van der Waals surface area contributed by atoms with Crippen LogP contribution in [0.2, 0.25) is 0 Å². The van der Waals surface area contributed by atoms with Gasteiger partial charge in [0.15, 0.2) is 0 Å². The molecule has 0 amide bonds. The first-order valence-electron chi connectivity index (χ1n) is 8.91. The summed E-state index contributed by atoms with van der Waals surface area (Å²) in [5, 5.41) is 30.3. The van der Waals surface area contributed by atoms with Gasteiger partial charge in [-0.1, -0.05) is 30.3 Å². The van der Waals surface area contributed by atoms with Crippen molar-refractivity contribution >= 4 is 5.97 Å². The second-order valence-corrected chi connectivity index (χ2v) is 6.48. The fraction of sp³-hybridized carbons (Fsp3) is 0.227. The molecule has 3 rings (SSSR count). The number of phenols is 2. The fourth-order valence-electron chi connectivity index (χ4n) is 3.09. The number of hydrogen-bond acceptors (Lipinski definition) is 6. The molecular weight excluding hydrogens is 360 g/mol. The number of aromatic hydroxyl groups is 2. The third-order valence-corrected chi connectivity index (χ3v) is 4.50. The van der Waals surface area contributed by atoms with Gasteiger partial charge in [0.2, 0.25) is 0 Å². The summed E-state index contributed by atoms with van der Waals surface area (Å²) in [7, 11) is 1.27. The van der Waals surface area contributed by atoms with Crippen LogP contribution in [0.1, 0.15) is 29.4 Å². The molecule has 1 atom stereocenters. The van der Waals surface area contributed by atoms with E-state index in [0.29, 0.717) is 35.5 Å². The van der Waals surface area contributed by atoms with Gasteiger partial charge in [0.05, 0.1) is 25.2 Å². The maximum absolute atomic E-state index is 11.7. The van der Waals surface area contributed by atoms with E-state index >= 15 is 0 Å². The molecular formula is C22H22O6. The lowest BCUT2D eigenvalue weighted by molar-refractivity contribution is -0.139. The van der Waals surface area contributed by atoms with Crippen molar-refractivity contribution in [1.29, 1.82) is 0 Å². The summed E-state index contributed by atoms with van der Waals surface area (Å²) in [5.74, 6) is 0.174. The number of aryl methyl sites for hydroxylation is 1. The van der Waals surface area contributed by atoms with Gasteiger partial charge < -0.3 is 24.5 Å². The quantitative estimate of drug-likeness (QED) is 0.538. The highest BCUT2D eigenvalue weighted by Gasteiger charge is 2.19. The van der Waals surface area contributed by atoms with E-state index in [1.165, 1.54) is 19.2 Å². The van der Waals surface area contributed by atoms with E-state index in [0.717, 1.165) is 5.56 Å². The smallest absolute Gasteiger partial charge is 0.310 e. The van der Waals surface area contributed by atoms with Gasteiger partial charge in [-0.2, -0.15) is 0 Å². The second kappa shape index (κ2) is 8.63. The molecule has 2 aromatic carbocycles. The van der Waals surface area contributed by atoms with Crippen LogP contribution in [0.3, 0.4) is 0 Å².